The van der Waals surface area contributed by atoms with Gasteiger partial charge in [0.1, 0.15) is 11.6 Å². The maximum atomic E-state index is 10.1. The molecule has 0 atom stereocenters. The molecule has 60 valence electrons. The van der Waals surface area contributed by atoms with Gasteiger partial charge in [-0.15, -0.1) is 0 Å². The molecule has 3 nitrogen and oxygen atoms in total. The third-order valence-electron chi connectivity index (χ3n) is 0.659. The molecule has 0 aliphatic rings. The largest absolute Gasteiger partial charge is 0.477 e. The van der Waals surface area contributed by atoms with E-state index in [-0.39, 0.29) is 0 Å². The van der Waals surface area contributed by atoms with Gasteiger partial charge in [-0.25, -0.2) is 4.79 Å². The fourth-order valence-electron chi connectivity index (χ4n) is 0.305. The van der Waals surface area contributed by atoms with Gasteiger partial charge in [0.2, 0.25) is 3.79 Å². The van der Waals surface area contributed by atoms with Crippen LogP contribution in [0.4, 0.5) is 0 Å². The lowest BCUT2D eigenvalue weighted by Crippen LogP contribution is -2.04. The van der Waals surface area contributed by atoms with Crippen LogP contribution in [0.15, 0.2) is 11.6 Å². The number of allylic oxidation sites excluding steroid dienone is 1. The van der Waals surface area contributed by atoms with Gasteiger partial charge in [0, 0.05) is 0 Å². The van der Waals surface area contributed by atoms with Crippen molar-refractivity contribution < 1.29 is 9.90 Å². The number of nitrogens with zero attached hydrogens (tertiary/aromatic N) is 1. The van der Waals surface area contributed by atoms with E-state index in [0.29, 0.717) is 0 Å². The molecule has 0 aliphatic carbocycles. The molecule has 0 saturated heterocycles. The highest BCUT2D eigenvalue weighted by atomic mass is 35.6. The predicted octanol–water partition coefficient (Wildman–Crippen LogP) is 1.89. The zero-order valence-electron chi connectivity index (χ0n) is 5.01. The Hall–Kier alpha value is -0.430. The van der Waals surface area contributed by atoms with Crippen molar-refractivity contribution in [1.82, 2.24) is 0 Å². The van der Waals surface area contributed by atoms with Crippen molar-refractivity contribution in [1.29, 1.82) is 5.26 Å². The van der Waals surface area contributed by atoms with E-state index in [1.165, 1.54) is 6.07 Å². The summed E-state index contributed by atoms with van der Waals surface area (Å²) in [7, 11) is 0. The van der Waals surface area contributed by atoms with Crippen LogP contribution >= 0.6 is 34.8 Å². The Balaban J connectivity index is 4.68. The maximum absolute atomic E-state index is 10.1. The van der Waals surface area contributed by atoms with E-state index in [1.807, 2.05) is 0 Å². The molecule has 0 aliphatic heterocycles. The van der Waals surface area contributed by atoms with Crippen molar-refractivity contribution in [3.63, 3.8) is 0 Å². The third-order valence-corrected chi connectivity index (χ3v) is 0.986. The number of hydrogen-bond acceptors (Lipinski definition) is 2. The van der Waals surface area contributed by atoms with E-state index in [9.17, 15) is 4.79 Å². The van der Waals surface area contributed by atoms with Crippen molar-refractivity contribution in [3.8, 4) is 6.07 Å². The molecule has 0 aromatic rings. The van der Waals surface area contributed by atoms with Gasteiger partial charge in [-0.1, -0.05) is 34.8 Å². The molecule has 0 unspecified atom stereocenters. The van der Waals surface area contributed by atoms with Crippen LogP contribution in [-0.4, -0.2) is 14.9 Å². The maximum Gasteiger partial charge on any atom is 0.346 e. The Bertz CT molecular complexity index is 235. The van der Waals surface area contributed by atoms with Crippen LogP contribution in [0.5, 0.6) is 0 Å². The second-order valence-electron chi connectivity index (χ2n) is 1.52. The molecule has 0 aromatic heterocycles. The monoisotopic (exact) mass is 213 g/mol. The van der Waals surface area contributed by atoms with Crippen molar-refractivity contribution in [3.05, 3.63) is 11.6 Å². The Morgan fingerprint density at radius 1 is 1.55 bits per heavy atom. The number of carbonyl (C=O) groups is 1. The summed E-state index contributed by atoms with van der Waals surface area (Å²) in [6.07, 6.45) is 0.736. The van der Waals surface area contributed by atoms with Gasteiger partial charge in [-0.05, 0) is 6.08 Å². The van der Waals surface area contributed by atoms with E-state index >= 15 is 0 Å². The smallest absolute Gasteiger partial charge is 0.346 e. The van der Waals surface area contributed by atoms with Crippen LogP contribution in [0, 0.1) is 11.3 Å². The lowest BCUT2D eigenvalue weighted by Gasteiger charge is -2.01. The van der Waals surface area contributed by atoms with Gasteiger partial charge >= 0.3 is 5.97 Å². The van der Waals surface area contributed by atoms with Crippen LogP contribution in [0.1, 0.15) is 0 Å². The van der Waals surface area contributed by atoms with Gasteiger partial charge in [0.25, 0.3) is 0 Å². The average molecular weight is 214 g/mol. The molecule has 6 heteroatoms. The summed E-state index contributed by atoms with van der Waals surface area (Å²) in [5, 5.41) is 16.5. The standard InChI is InChI=1S/C5H2Cl3NO2/c6-5(7,8)1-3(2-9)4(10)11/h1H,(H,10,11)/b3-1-. The highest BCUT2D eigenvalue weighted by molar-refractivity contribution is 6.69. The summed E-state index contributed by atoms with van der Waals surface area (Å²) in [5.74, 6) is -1.42. The minimum absolute atomic E-state index is 0.593. The Morgan fingerprint density at radius 2 is 2.00 bits per heavy atom. The predicted molar refractivity (Wildman–Crippen MR) is 41.6 cm³/mol. The molecule has 0 radical (unpaired) electrons. The first-order valence-electron chi connectivity index (χ1n) is 2.30. The fraction of sp³-hybridized carbons (Fsp3) is 0.200. The van der Waals surface area contributed by atoms with E-state index in [0.717, 1.165) is 6.08 Å². The molecule has 0 heterocycles. The minimum Gasteiger partial charge on any atom is -0.477 e. The van der Waals surface area contributed by atoms with Crippen LogP contribution in [0.25, 0.3) is 0 Å². The average Bonchev–Trinajstić information content (AvgIpc) is 1.80. The van der Waals surface area contributed by atoms with Gasteiger partial charge in [0.05, 0.1) is 0 Å². The van der Waals surface area contributed by atoms with Crippen molar-refractivity contribution >= 4 is 40.8 Å². The van der Waals surface area contributed by atoms with E-state index in [4.69, 9.17) is 45.2 Å². The van der Waals surface area contributed by atoms with Gasteiger partial charge in [-0.2, -0.15) is 5.26 Å². The second-order valence-corrected chi connectivity index (χ2v) is 3.89. The number of alkyl halides is 3. The summed E-state index contributed by atoms with van der Waals surface area (Å²) < 4.78 is -1.84. The number of carboxylic acids is 1. The zero-order chi connectivity index (χ0) is 9.07. The summed E-state index contributed by atoms with van der Waals surface area (Å²) in [4.78, 5) is 10.1. The van der Waals surface area contributed by atoms with E-state index < -0.39 is 15.3 Å². The van der Waals surface area contributed by atoms with E-state index in [2.05, 4.69) is 0 Å². The SMILES string of the molecule is N#C/C(=C/C(Cl)(Cl)Cl)C(=O)O. The number of nitriles is 1. The van der Waals surface area contributed by atoms with Crippen LogP contribution in [0.2, 0.25) is 0 Å². The normalized spacial score (nSPS) is 12.4. The van der Waals surface area contributed by atoms with Crippen LogP contribution in [0.3, 0.4) is 0 Å². The third kappa shape index (κ3) is 4.91. The molecular formula is C5H2Cl3NO2. The van der Waals surface area contributed by atoms with Crippen molar-refractivity contribution in [2.75, 3.05) is 0 Å². The summed E-state index contributed by atoms with van der Waals surface area (Å²) in [6, 6.07) is 1.37. The number of halogens is 3. The summed E-state index contributed by atoms with van der Waals surface area (Å²) >= 11 is 15.6. The molecule has 0 amide bonds. The number of aliphatic carboxylic acids is 1. The lowest BCUT2D eigenvalue weighted by molar-refractivity contribution is -0.132. The number of rotatable bonds is 1. The number of carboxylic acid groups (broad SMARTS) is 1. The molecule has 1 N–H and O–H groups in total. The fourth-order valence-corrected chi connectivity index (χ4v) is 0.633. The first kappa shape index (κ1) is 10.6. The first-order chi connectivity index (χ1) is 4.87. The molecule has 0 spiro atoms. The van der Waals surface area contributed by atoms with Gasteiger partial charge < -0.3 is 5.11 Å². The van der Waals surface area contributed by atoms with Crippen molar-refractivity contribution in [2.24, 2.45) is 0 Å². The van der Waals surface area contributed by atoms with Crippen LogP contribution in [-0.2, 0) is 4.79 Å². The van der Waals surface area contributed by atoms with Gasteiger partial charge in [0.15, 0.2) is 0 Å². The molecular weight excluding hydrogens is 212 g/mol. The minimum atomic E-state index is -1.84. The molecule has 0 aromatic carbocycles. The Labute approximate surface area is 77.8 Å². The van der Waals surface area contributed by atoms with Crippen LogP contribution < -0.4 is 0 Å². The highest BCUT2D eigenvalue weighted by Crippen LogP contribution is 2.28. The number of hydrogen-bond donors (Lipinski definition) is 1. The lowest BCUT2D eigenvalue weighted by atomic mass is 10.3. The van der Waals surface area contributed by atoms with E-state index in [1.54, 1.807) is 0 Å². The topological polar surface area (TPSA) is 61.1 Å². The molecule has 0 rings (SSSR count). The summed E-state index contributed by atoms with van der Waals surface area (Å²) in [6.45, 7) is 0. The molecule has 11 heavy (non-hydrogen) atoms. The molecule has 0 bridgehead atoms. The zero-order valence-corrected chi connectivity index (χ0v) is 7.28. The quantitative estimate of drug-likeness (QED) is 0.412. The Morgan fingerprint density at radius 3 is 2.09 bits per heavy atom. The van der Waals surface area contributed by atoms with Gasteiger partial charge in [-0.3, -0.25) is 0 Å². The first-order valence-corrected chi connectivity index (χ1v) is 3.43. The molecule has 0 fully saturated rings. The summed E-state index contributed by atoms with van der Waals surface area (Å²) in [5.41, 5.74) is -0.593. The van der Waals surface area contributed by atoms with Crippen molar-refractivity contribution in [2.45, 2.75) is 3.79 Å². The Kier molecular flexibility index (Phi) is 3.67. The second kappa shape index (κ2) is 3.82. The molecule has 0 saturated carbocycles. The highest BCUT2D eigenvalue weighted by Gasteiger charge is 2.19.